The van der Waals surface area contributed by atoms with Crippen molar-refractivity contribution in [3.8, 4) is 5.75 Å². The topological polar surface area (TPSA) is 123 Å². The Hall–Kier alpha value is -4.65. The number of nitrogens with zero attached hydrogens (tertiary/aromatic N) is 3. The zero-order valence-electron chi connectivity index (χ0n) is 27.0. The monoisotopic (exact) mass is 687 g/mol. The molecule has 2 aromatic heterocycles. The van der Waals surface area contributed by atoms with Crippen molar-refractivity contribution in [2.75, 3.05) is 25.0 Å². The zero-order chi connectivity index (χ0) is 35.1. The Morgan fingerprint density at radius 1 is 0.979 bits per heavy atom. The summed E-state index contributed by atoms with van der Waals surface area (Å²) >= 11 is 5.98. The lowest BCUT2D eigenvalue weighted by Crippen LogP contribution is -2.39. The molecule has 4 aromatic rings. The highest BCUT2D eigenvalue weighted by atomic mass is 35.5. The van der Waals surface area contributed by atoms with Crippen molar-refractivity contribution in [2.24, 2.45) is 0 Å². The number of hydrogen-bond donors (Lipinski definition) is 2. The lowest BCUT2D eigenvalue weighted by molar-refractivity contribution is -0.274. The fourth-order valence-corrected chi connectivity index (χ4v) is 5.08. The molecule has 2 N–H and O–H groups in total. The highest BCUT2D eigenvalue weighted by molar-refractivity contribution is 6.32. The van der Waals surface area contributed by atoms with Crippen LogP contribution in [0.25, 0.3) is 21.7 Å². The smallest absolute Gasteiger partial charge is 0.444 e. The quantitative estimate of drug-likeness (QED) is 0.0834. The molecule has 10 nitrogen and oxygen atoms in total. The van der Waals surface area contributed by atoms with Gasteiger partial charge in [-0.1, -0.05) is 36.7 Å². The molecule has 0 saturated heterocycles. The van der Waals surface area contributed by atoms with E-state index in [0.717, 1.165) is 22.2 Å². The first-order valence-electron chi connectivity index (χ1n) is 15.4. The number of ether oxygens (including phenoxy) is 2. The number of carbonyl (C=O) groups excluding carboxylic acids is 3. The van der Waals surface area contributed by atoms with E-state index in [2.05, 4.69) is 20.4 Å². The van der Waals surface area contributed by atoms with E-state index in [0.29, 0.717) is 48.4 Å². The molecule has 48 heavy (non-hydrogen) atoms. The second kappa shape index (κ2) is 15.5. The Morgan fingerprint density at radius 3 is 2.44 bits per heavy atom. The zero-order valence-corrected chi connectivity index (χ0v) is 27.8. The number of anilines is 1. The number of fused-ring (bicyclic) bond motifs is 3. The van der Waals surface area contributed by atoms with Gasteiger partial charge in [0.05, 0.1) is 10.5 Å². The molecule has 0 unspecified atom stereocenters. The number of pyridine rings is 2. The van der Waals surface area contributed by atoms with Crippen molar-refractivity contribution in [3.05, 3.63) is 71.0 Å². The number of rotatable bonds is 13. The van der Waals surface area contributed by atoms with Crippen molar-refractivity contribution >= 4 is 56.9 Å². The van der Waals surface area contributed by atoms with Crippen molar-refractivity contribution in [2.45, 2.75) is 65.5 Å². The van der Waals surface area contributed by atoms with Gasteiger partial charge in [-0.3, -0.25) is 14.6 Å². The van der Waals surface area contributed by atoms with Gasteiger partial charge in [0.1, 0.15) is 17.2 Å². The van der Waals surface area contributed by atoms with Crippen LogP contribution in [0.15, 0.2) is 54.9 Å². The lowest BCUT2D eigenvalue weighted by atomic mass is 10.0. The summed E-state index contributed by atoms with van der Waals surface area (Å²) in [6.45, 7) is 7.66. The van der Waals surface area contributed by atoms with Gasteiger partial charge in [0.25, 0.3) is 0 Å². The Labute approximate surface area is 281 Å². The molecule has 2 heterocycles. The van der Waals surface area contributed by atoms with E-state index < -0.39 is 23.8 Å². The minimum absolute atomic E-state index is 0.0129. The number of nitrogens with one attached hydrogen (secondary N) is 2. The minimum Gasteiger partial charge on any atom is -0.444 e. The maximum Gasteiger partial charge on any atom is 0.573 e. The number of benzene rings is 2. The first-order valence-corrected chi connectivity index (χ1v) is 15.7. The number of aromatic nitrogens is 2. The molecule has 0 aliphatic rings. The van der Waals surface area contributed by atoms with Gasteiger partial charge in [0, 0.05) is 73.1 Å². The molecule has 0 aliphatic carbocycles. The number of ketones is 1. The van der Waals surface area contributed by atoms with Crippen LogP contribution in [0.3, 0.4) is 0 Å². The average molecular weight is 688 g/mol. The third-order valence-electron chi connectivity index (χ3n) is 7.06. The molecule has 14 heteroatoms. The summed E-state index contributed by atoms with van der Waals surface area (Å²) in [5, 5.41) is 8.55. The molecule has 256 valence electrons. The summed E-state index contributed by atoms with van der Waals surface area (Å²) in [5.41, 5.74) is 0.874. The molecular formula is C34H37ClF3N5O5. The number of hydrogen-bond acceptors (Lipinski definition) is 8. The first kappa shape index (κ1) is 36.2. The molecule has 4 rings (SSSR count). The van der Waals surface area contributed by atoms with Gasteiger partial charge in [-0.2, -0.15) is 0 Å². The van der Waals surface area contributed by atoms with Crippen molar-refractivity contribution in [3.63, 3.8) is 0 Å². The number of carbonyl (C=O) groups is 3. The maximum absolute atomic E-state index is 12.9. The molecule has 0 atom stereocenters. The number of Topliss-reactive ketones (excluding diaryl/α,β-unsaturated/α-hetero) is 1. The van der Waals surface area contributed by atoms with Crippen LogP contribution in [-0.4, -0.2) is 64.2 Å². The van der Waals surface area contributed by atoms with Crippen LogP contribution in [0, 0.1) is 0 Å². The van der Waals surface area contributed by atoms with Crippen LogP contribution in [-0.2, 0) is 16.1 Å². The molecule has 0 spiro atoms. The molecular weight excluding hydrogens is 651 g/mol. The second-order valence-corrected chi connectivity index (χ2v) is 12.4. The van der Waals surface area contributed by atoms with Crippen LogP contribution >= 0.6 is 11.6 Å². The van der Waals surface area contributed by atoms with Crippen LogP contribution in [0.2, 0.25) is 5.02 Å². The van der Waals surface area contributed by atoms with Crippen LogP contribution < -0.4 is 15.4 Å². The first-order chi connectivity index (χ1) is 22.6. The maximum atomic E-state index is 12.9. The number of halogens is 4. The minimum atomic E-state index is -4.91. The summed E-state index contributed by atoms with van der Waals surface area (Å²) in [4.78, 5) is 48.2. The Bertz CT molecular complexity index is 1800. The van der Waals surface area contributed by atoms with E-state index >= 15 is 0 Å². The van der Waals surface area contributed by atoms with E-state index in [-0.39, 0.29) is 36.2 Å². The summed E-state index contributed by atoms with van der Waals surface area (Å²) in [5.74, 6) is -0.199. The predicted molar refractivity (Wildman–Crippen MR) is 177 cm³/mol. The van der Waals surface area contributed by atoms with Gasteiger partial charge < -0.3 is 25.0 Å². The van der Waals surface area contributed by atoms with Gasteiger partial charge >= 0.3 is 12.5 Å². The summed E-state index contributed by atoms with van der Waals surface area (Å²) < 4.78 is 47.3. The summed E-state index contributed by atoms with van der Waals surface area (Å²) in [6.07, 6.45) is -1.24. The standard InChI is InChI=1S/C34H37ClF3N5O5/c1-5-28(44)22-8-9-23-25-19-39-15-11-24(25)31(42-27(23)18-22)41-14-6-13-40-30(45)12-16-43(32(46)48-33(2,3)4)20-21-7-10-29(26(35)17-21)47-34(36,37)38/h7-11,15,17-19H,5-6,12-14,16,20H2,1-4H3,(H,40,45)(H,41,42). The predicted octanol–water partition coefficient (Wildman–Crippen LogP) is 7.67. The summed E-state index contributed by atoms with van der Waals surface area (Å²) in [7, 11) is 0. The molecule has 0 bridgehead atoms. The van der Waals surface area contributed by atoms with E-state index in [1.54, 1.807) is 45.3 Å². The Balaban J connectivity index is 1.33. The van der Waals surface area contributed by atoms with E-state index in [1.807, 2.05) is 19.1 Å². The third-order valence-corrected chi connectivity index (χ3v) is 7.36. The molecule has 2 aromatic carbocycles. The largest absolute Gasteiger partial charge is 0.573 e. The van der Waals surface area contributed by atoms with Gasteiger partial charge in [0.15, 0.2) is 5.78 Å². The lowest BCUT2D eigenvalue weighted by Gasteiger charge is -2.27. The highest BCUT2D eigenvalue weighted by Gasteiger charge is 2.32. The van der Waals surface area contributed by atoms with E-state index in [4.69, 9.17) is 21.3 Å². The second-order valence-electron chi connectivity index (χ2n) is 12.0. The van der Waals surface area contributed by atoms with Gasteiger partial charge in [-0.15, -0.1) is 13.2 Å². The Kier molecular flexibility index (Phi) is 11.7. The SMILES string of the molecule is CCC(=O)c1ccc2c(c1)nc(NCCCNC(=O)CCN(Cc1ccc(OC(F)(F)F)c(Cl)c1)C(=O)OC(C)(C)C)c1ccncc12. The molecule has 0 aliphatic heterocycles. The molecule has 2 amide bonds. The van der Waals surface area contributed by atoms with Crippen molar-refractivity contribution in [1.29, 1.82) is 0 Å². The third kappa shape index (κ3) is 10.2. The van der Waals surface area contributed by atoms with Gasteiger partial charge in [-0.05, 0) is 57.0 Å². The van der Waals surface area contributed by atoms with Gasteiger partial charge in [-0.25, -0.2) is 9.78 Å². The van der Waals surface area contributed by atoms with Crippen LogP contribution in [0.1, 0.15) is 62.9 Å². The fourth-order valence-electron chi connectivity index (χ4n) is 4.84. The highest BCUT2D eigenvalue weighted by Crippen LogP contribution is 2.32. The molecule has 0 saturated carbocycles. The Morgan fingerprint density at radius 2 is 1.75 bits per heavy atom. The fraction of sp³-hybridized carbons (Fsp3) is 0.382. The van der Waals surface area contributed by atoms with Gasteiger partial charge in [0.2, 0.25) is 5.91 Å². The number of alkyl halides is 3. The average Bonchev–Trinajstić information content (AvgIpc) is 3.02. The summed E-state index contributed by atoms with van der Waals surface area (Å²) in [6, 6.07) is 11.0. The molecule has 0 fully saturated rings. The normalized spacial score (nSPS) is 11.8. The van der Waals surface area contributed by atoms with E-state index in [1.165, 1.54) is 17.0 Å². The van der Waals surface area contributed by atoms with Crippen molar-refractivity contribution in [1.82, 2.24) is 20.2 Å². The van der Waals surface area contributed by atoms with Crippen LogP contribution in [0.5, 0.6) is 5.75 Å². The number of amides is 2. The van der Waals surface area contributed by atoms with E-state index in [9.17, 15) is 27.6 Å². The van der Waals surface area contributed by atoms with Crippen molar-refractivity contribution < 1.29 is 37.0 Å². The van der Waals surface area contributed by atoms with Crippen LogP contribution in [0.4, 0.5) is 23.8 Å². The molecule has 0 radical (unpaired) electrons.